The van der Waals surface area contributed by atoms with Crippen molar-refractivity contribution < 1.29 is 0 Å². The van der Waals surface area contributed by atoms with Crippen LogP contribution in [0.1, 0.15) is 11.6 Å². The summed E-state index contributed by atoms with van der Waals surface area (Å²) in [5, 5.41) is 0.583. The van der Waals surface area contributed by atoms with Gasteiger partial charge in [0.2, 0.25) is 0 Å². The monoisotopic (exact) mass is 234 g/mol. The molecule has 0 fully saturated rings. The second-order valence-corrected chi connectivity index (χ2v) is 3.90. The molecule has 0 aliphatic heterocycles. The normalized spacial score (nSPS) is 10.4. The molecule has 0 atom stereocenters. The molecular formula is C11H11ClN4. The Morgan fingerprint density at radius 3 is 2.31 bits per heavy atom. The van der Waals surface area contributed by atoms with Crippen LogP contribution in [-0.4, -0.2) is 15.0 Å². The molecule has 16 heavy (non-hydrogen) atoms. The van der Waals surface area contributed by atoms with Crippen molar-refractivity contribution in [1.82, 2.24) is 15.0 Å². The lowest BCUT2D eigenvalue weighted by atomic mass is 10.2. The largest absolute Gasteiger partial charge is 0.399 e. The number of benzene rings is 1. The minimum absolute atomic E-state index is 0.558. The number of aryl methyl sites for hydroxylation is 2. The molecule has 0 saturated heterocycles. The van der Waals surface area contributed by atoms with Crippen molar-refractivity contribution in [1.29, 1.82) is 0 Å². The molecule has 1 aromatic carbocycles. The highest BCUT2D eigenvalue weighted by molar-refractivity contribution is 6.33. The predicted octanol–water partition coefficient (Wildman–Crippen LogP) is 2.39. The van der Waals surface area contributed by atoms with Gasteiger partial charge in [0.15, 0.2) is 5.82 Å². The minimum Gasteiger partial charge on any atom is -0.399 e. The summed E-state index contributed by atoms with van der Waals surface area (Å²) in [6.45, 7) is 3.64. The summed E-state index contributed by atoms with van der Waals surface area (Å²) in [5.74, 6) is 1.89. The average Bonchev–Trinajstić information content (AvgIpc) is 2.20. The van der Waals surface area contributed by atoms with Crippen LogP contribution >= 0.6 is 11.6 Å². The Hall–Kier alpha value is -1.68. The van der Waals surface area contributed by atoms with E-state index in [9.17, 15) is 0 Å². The van der Waals surface area contributed by atoms with Crippen LogP contribution in [0.5, 0.6) is 0 Å². The van der Waals surface area contributed by atoms with Crippen LogP contribution in [0.4, 0.5) is 5.69 Å². The van der Waals surface area contributed by atoms with E-state index in [2.05, 4.69) is 15.0 Å². The summed E-state index contributed by atoms with van der Waals surface area (Å²) >= 11 is 6.08. The van der Waals surface area contributed by atoms with Crippen LogP contribution in [-0.2, 0) is 0 Å². The van der Waals surface area contributed by atoms with Gasteiger partial charge in [-0.05, 0) is 32.0 Å². The first-order chi connectivity index (χ1) is 7.56. The average molecular weight is 235 g/mol. The number of nitrogen functional groups attached to an aromatic ring is 1. The maximum absolute atomic E-state index is 6.08. The molecule has 0 radical (unpaired) electrons. The molecule has 0 saturated carbocycles. The van der Waals surface area contributed by atoms with Gasteiger partial charge in [-0.2, -0.15) is 0 Å². The highest BCUT2D eigenvalue weighted by Crippen LogP contribution is 2.27. The quantitative estimate of drug-likeness (QED) is 0.770. The van der Waals surface area contributed by atoms with Gasteiger partial charge in [-0.25, -0.2) is 15.0 Å². The zero-order chi connectivity index (χ0) is 11.7. The molecule has 2 rings (SSSR count). The number of rotatable bonds is 1. The number of hydrogen-bond donors (Lipinski definition) is 1. The number of hydrogen-bond acceptors (Lipinski definition) is 4. The molecule has 1 heterocycles. The molecule has 0 aliphatic rings. The van der Waals surface area contributed by atoms with Gasteiger partial charge < -0.3 is 5.73 Å². The lowest BCUT2D eigenvalue weighted by molar-refractivity contribution is 0.929. The smallest absolute Gasteiger partial charge is 0.164 e. The van der Waals surface area contributed by atoms with Gasteiger partial charge in [0.25, 0.3) is 0 Å². The SMILES string of the molecule is Cc1nc(C)nc(-c2cc(N)ccc2Cl)n1. The first kappa shape index (κ1) is 10.8. The van der Waals surface area contributed by atoms with E-state index in [0.29, 0.717) is 28.2 Å². The van der Waals surface area contributed by atoms with Crippen molar-refractivity contribution in [2.75, 3.05) is 5.73 Å². The summed E-state index contributed by atoms with van der Waals surface area (Å²) in [6, 6.07) is 5.24. The molecule has 2 aromatic rings. The standard InChI is InChI=1S/C11H11ClN4/c1-6-14-7(2)16-11(15-6)9-5-8(13)3-4-10(9)12/h3-5H,13H2,1-2H3. The third-order valence-electron chi connectivity index (χ3n) is 2.09. The molecule has 4 nitrogen and oxygen atoms in total. The van der Waals surface area contributed by atoms with E-state index in [1.807, 2.05) is 13.8 Å². The Morgan fingerprint density at radius 2 is 1.69 bits per heavy atom. The molecule has 2 N–H and O–H groups in total. The molecule has 0 bridgehead atoms. The van der Waals surface area contributed by atoms with Crippen LogP contribution in [0.3, 0.4) is 0 Å². The minimum atomic E-state index is 0.558. The Balaban J connectivity index is 2.62. The number of aromatic nitrogens is 3. The zero-order valence-electron chi connectivity index (χ0n) is 9.03. The summed E-state index contributed by atoms with van der Waals surface area (Å²) in [5.41, 5.74) is 7.08. The molecule has 5 heteroatoms. The second kappa shape index (κ2) is 4.06. The van der Waals surface area contributed by atoms with Crippen LogP contribution < -0.4 is 5.73 Å². The van der Waals surface area contributed by atoms with Crippen LogP contribution in [0.2, 0.25) is 5.02 Å². The Labute approximate surface area is 98.5 Å². The summed E-state index contributed by atoms with van der Waals surface area (Å²) in [6.07, 6.45) is 0. The topological polar surface area (TPSA) is 64.7 Å². The number of nitrogens with two attached hydrogens (primary N) is 1. The van der Waals surface area contributed by atoms with Gasteiger partial charge in [0.1, 0.15) is 11.6 Å². The highest BCUT2D eigenvalue weighted by Gasteiger charge is 2.08. The molecule has 1 aromatic heterocycles. The molecule has 82 valence electrons. The van der Waals surface area contributed by atoms with E-state index in [4.69, 9.17) is 17.3 Å². The maximum atomic E-state index is 6.08. The van der Waals surface area contributed by atoms with Crippen molar-refractivity contribution in [3.63, 3.8) is 0 Å². The Bertz CT molecular complexity index is 519. The first-order valence-electron chi connectivity index (χ1n) is 4.81. The molecule has 0 spiro atoms. The van der Waals surface area contributed by atoms with E-state index >= 15 is 0 Å². The van der Waals surface area contributed by atoms with Gasteiger partial charge in [-0.1, -0.05) is 11.6 Å². The van der Waals surface area contributed by atoms with Gasteiger partial charge in [-0.3, -0.25) is 0 Å². The van der Waals surface area contributed by atoms with Gasteiger partial charge >= 0.3 is 0 Å². The second-order valence-electron chi connectivity index (χ2n) is 3.49. The Kier molecular flexibility index (Phi) is 2.75. The fourth-order valence-corrected chi connectivity index (χ4v) is 1.65. The summed E-state index contributed by atoms with van der Waals surface area (Å²) in [4.78, 5) is 12.6. The number of nitrogens with zero attached hydrogens (tertiary/aromatic N) is 3. The van der Waals surface area contributed by atoms with Crippen LogP contribution in [0, 0.1) is 13.8 Å². The summed E-state index contributed by atoms with van der Waals surface area (Å²) < 4.78 is 0. The van der Waals surface area contributed by atoms with E-state index in [1.165, 1.54) is 0 Å². The fraction of sp³-hybridized carbons (Fsp3) is 0.182. The van der Waals surface area contributed by atoms with Crippen molar-refractivity contribution in [2.24, 2.45) is 0 Å². The fourth-order valence-electron chi connectivity index (χ4n) is 1.45. The van der Waals surface area contributed by atoms with Crippen LogP contribution in [0.15, 0.2) is 18.2 Å². The maximum Gasteiger partial charge on any atom is 0.164 e. The highest BCUT2D eigenvalue weighted by atomic mass is 35.5. The first-order valence-corrected chi connectivity index (χ1v) is 5.19. The third kappa shape index (κ3) is 2.12. The number of anilines is 1. The number of halogens is 1. The predicted molar refractivity (Wildman–Crippen MR) is 64.2 cm³/mol. The molecule has 0 amide bonds. The molecule has 0 aliphatic carbocycles. The van der Waals surface area contributed by atoms with Crippen molar-refractivity contribution >= 4 is 17.3 Å². The molecular weight excluding hydrogens is 224 g/mol. The summed E-state index contributed by atoms with van der Waals surface area (Å²) in [7, 11) is 0. The van der Waals surface area contributed by atoms with Gasteiger partial charge in [-0.15, -0.1) is 0 Å². The third-order valence-corrected chi connectivity index (χ3v) is 2.42. The van der Waals surface area contributed by atoms with Crippen molar-refractivity contribution in [3.8, 4) is 11.4 Å². The zero-order valence-corrected chi connectivity index (χ0v) is 9.78. The van der Waals surface area contributed by atoms with Crippen molar-refractivity contribution in [2.45, 2.75) is 13.8 Å². The van der Waals surface area contributed by atoms with E-state index in [0.717, 1.165) is 5.56 Å². The van der Waals surface area contributed by atoms with Gasteiger partial charge in [0, 0.05) is 11.3 Å². The Morgan fingerprint density at radius 1 is 1.06 bits per heavy atom. The van der Waals surface area contributed by atoms with Gasteiger partial charge in [0.05, 0.1) is 5.02 Å². The van der Waals surface area contributed by atoms with E-state index in [-0.39, 0.29) is 0 Å². The van der Waals surface area contributed by atoms with Crippen LogP contribution in [0.25, 0.3) is 11.4 Å². The van der Waals surface area contributed by atoms with Crippen molar-refractivity contribution in [3.05, 3.63) is 34.9 Å². The van der Waals surface area contributed by atoms with E-state index < -0.39 is 0 Å². The lowest BCUT2D eigenvalue weighted by Gasteiger charge is -2.05. The van der Waals surface area contributed by atoms with E-state index in [1.54, 1.807) is 18.2 Å². The molecule has 0 unspecified atom stereocenters. The lowest BCUT2D eigenvalue weighted by Crippen LogP contribution is -1.99.